The van der Waals surface area contributed by atoms with Gasteiger partial charge in [-0.15, -0.1) is 0 Å². The van der Waals surface area contributed by atoms with Crippen LogP contribution < -0.4 is 15.5 Å². The van der Waals surface area contributed by atoms with Crippen LogP contribution in [0.25, 0.3) is 0 Å². The van der Waals surface area contributed by atoms with Crippen LogP contribution in [-0.4, -0.2) is 37.5 Å². The number of benzene rings is 1. The number of ether oxygens (including phenoxy) is 1. The second-order valence-corrected chi connectivity index (χ2v) is 6.80. The number of nitrogens with one attached hydrogen (secondary N) is 2. The third-order valence-corrected chi connectivity index (χ3v) is 4.65. The van der Waals surface area contributed by atoms with Gasteiger partial charge in [-0.25, -0.2) is 0 Å². The highest BCUT2D eigenvalue weighted by Gasteiger charge is 2.26. The molecule has 1 aliphatic heterocycles. The van der Waals surface area contributed by atoms with Crippen molar-refractivity contribution in [1.29, 1.82) is 0 Å². The number of aryl methyl sites for hydroxylation is 2. The summed E-state index contributed by atoms with van der Waals surface area (Å²) in [5.41, 5.74) is 3.76. The van der Waals surface area contributed by atoms with Crippen LogP contribution in [0.5, 0.6) is 0 Å². The molecule has 1 aromatic rings. The molecule has 7 heteroatoms. The van der Waals surface area contributed by atoms with E-state index in [1.54, 1.807) is 0 Å². The van der Waals surface area contributed by atoms with Gasteiger partial charge in [0.05, 0.1) is 24.9 Å². The minimum atomic E-state index is -0.449. The number of carbonyl (C=O) groups is 3. The average Bonchev–Trinajstić information content (AvgIpc) is 2.72. The first-order valence-corrected chi connectivity index (χ1v) is 9.01. The van der Waals surface area contributed by atoms with Crippen LogP contribution in [0.3, 0.4) is 0 Å². The topological polar surface area (TPSA) is 87.7 Å². The van der Waals surface area contributed by atoms with E-state index in [-0.39, 0.29) is 30.8 Å². The van der Waals surface area contributed by atoms with E-state index >= 15 is 0 Å². The van der Waals surface area contributed by atoms with Crippen molar-refractivity contribution in [2.75, 3.05) is 23.9 Å². The summed E-state index contributed by atoms with van der Waals surface area (Å²) in [5.74, 6) is -1.04. The number of hydrogen-bond donors (Lipinski definition) is 2. The van der Waals surface area contributed by atoms with Gasteiger partial charge in [-0.3, -0.25) is 19.3 Å². The fraction of sp³-hybridized carbons (Fsp3) is 0.450. The molecule has 1 aliphatic rings. The lowest BCUT2D eigenvalue weighted by Crippen LogP contribution is -2.43. The van der Waals surface area contributed by atoms with E-state index < -0.39 is 5.97 Å². The van der Waals surface area contributed by atoms with E-state index in [1.165, 1.54) is 18.1 Å². The van der Waals surface area contributed by atoms with Gasteiger partial charge in [-0.05, 0) is 50.5 Å². The summed E-state index contributed by atoms with van der Waals surface area (Å²) in [6, 6.07) is 3.82. The highest BCUT2D eigenvalue weighted by molar-refractivity contribution is 6.09. The minimum absolute atomic E-state index is 0.0300. The van der Waals surface area contributed by atoms with Gasteiger partial charge in [-0.2, -0.15) is 0 Å². The molecular formula is C20H27N3O4. The number of nitrogens with zero attached hydrogens (tertiary/aromatic N) is 1. The first-order chi connectivity index (χ1) is 12.7. The maximum Gasteiger partial charge on any atom is 0.311 e. The Hall–Kier alpha value is -2.83. The van der Waals surface area contributed by atoms with E-state index in [0.29, 0.717) is 17.1 Å². The Bertz CT molecular complexity index is 786. The standard InChI is InChI=1S/C20H27N3O4/c1-6-14(4)21-18(24)11-23-17-8-13(3)12(2)7-16(17)22-15(9-19(23)25)10-20(26)27-5/h7-9,14,22H,6,10-11H2,1-5H3,(H,21,24)/t14-/m0/s1. The monoisotopic (exact) mass is 373 g/mol. The Morgan fingerprint density at radius 1 is 1.26 bits per heavy atom. The van der Waals surface area contributed by atoms with Crippen molar-refractivity contribution in [1.82, 2.24) is 5.32 Å². The fourth-order valence-electron chi connectivity index (χ4n) is 2.73. The van der Waals surface area contributed by atoms with Crippen molar-refractivity contribution < 1.29 is 19.1 Å². The lowest BCUT2D eigenvalue weighted by Gasteiger charge is -2.24. The third kappa shape index (κ3) is 5.09. The van der Waals surface area contributed by atoms with Crippen LogP contribution in [0, 0.1) is 13.8 Å². The number of carbonyl (C=O) groups excluding carboxylic acids is 3. The zero-order chi connectivity index (χ0) is 20.1. The van der Waals surface area contributed by atoms with Crippen molar-refractivity contribution >= 4 is 29.2 Å². The number of rotatable bonds is 6. The molecule has 146 valence electrons. The summed E-state index contributed by atoms with van der Waals surface area (Å²) >= 11 is 0. The van der Waals surface area contributed by atoms with Gasteiger partial charge < -0.3 is 15.4 Å². The van der Waals surface area contributed by atoms with Gasteiger partial charge in [-0.1, -0.05) is 6.92 Å². The zero-order valence-electron chi connectivity index (χ0n) is 16.5. The fourth-order valence-corrected chi connectivity index (χ4v) is 2.73. The average molecular weight is 373 g/mol. The van der Waals surface area contributed by atoms with Gasteiger partial charge in [0.1, 0.15) is 6.54 Å². The van der Waals surface area contributed by atoms with Gasteiger partial charge in [0.15, 0.2) is 0 Å². The normalized spacial score (nSPS) is 14.5. The molecule has 0 aromatic heterocycles. The Balaban J connectivity index is 2.40. The van der Waals surface area contributed by atoms with Gasteiger partial charge in [0, 0.05) is 17.8 Å². The van der Waals surface area contributed by atoms with Crippen LogP contribution in [-0.2, 0) is 19.1 Å². The Kier molecular flexibility index (Phi) is 6.60. The van der Waals surface area contributed by atoms with Crippen molar-refractivity contribution in [2.24, 2.45) is 0 Å². The van der Waals surface area contributed by atoms with Crippen molar-refractivity contribution in [2.45, 2.75) is 46.6 Å². The van der Waals surface area contributed by atoms with Crippen LogP contribution in [0.15, 0.2) is 23.9 Å². The van der Waals surface area contributed by atoms with Crippen molar-refractivity contribution in [3.63, 3.8) is 0 Å². The molecule has 2 amide bonds. The molecule has 0 aliphatic carbocycles. The second-order valence-electron chi connectivity index (χ2n) is 6.80. The second kappa shape index (κ2) is 8.70. The van der Waals surface area contributed by atoms with Crippen molar-refractivity contribution in [3.05, 3.63) is 35.0 Å². The molecule has 2 rings (SSSR count). The summed E-state index contributed by atoms with van der Waals surface area (Å²) < 4.78 is 4.70. The Labute approximate surface area is 159 Å². The molecule has 0 bridgehead atoms. The van der Waals surface area contributed by atoms with E-state index in [1.807, 2.05) is 39.8 Å². The zero-order valence-corrected chi connectivity index (χ0v) is 16.5. The highest BCUT2D eigenvalue weighted by Crippen LogP contribution is 2.33. The predicted molar refractivity (Wildman–Crippen MR) is 105 cm³/mol. The van der Waals surface area contributed by atoms with Crippen LogP contribution >= 0.6 is 0 Å². The number of hydrogen-bond acceptors (Lipinski definition) is 5. The molecule has 0 unspecified atom stereocenters. The van der Waals surface area contributed by atoms with Gasteiger partial charge in [0.25, 0.3) is 5.91 Å². The maximum atomic E-state index is 12.8. The molecule has 27 heavy (non-hydrogen) atoms. The van der Waals surface area contributed by atoms with E-state index in [2.05, 4.69) is 10.6 Å². The molecule has 0 saturated heterocycles. The van der Waals surface area contributed by atoms with Gasteiger partial charge in [0.2, 0.25) is 5.91 Å². The number of esters is 1. The molecule has 0 radical (unpaired) electrons. The summed E-state index contributed by atoms with van der Waals surface area (Å²) in [5, 5.41) is 6.02. The number of amides is 2. The smallest absolute Gasteiger partial charge is 0.311 e. The maximum absolute atomic E-state index is 12.8. The number of fused-ring (bicyclic) bond motifs is 1. The van der Waals surface area contributed by atoms with Gasteiger partial charge >= 0.3 is 5.97 Å². The Morgan fingerprint density at radius 3 is 2.56 bits per heavy atom. The largest absolute Gasteiger partial charge is 0.469 e. The number of anilines is 2. The molecule has 0 fully saturated rings. The quantitative estimate of drug-likeness (QED) is 0.748. The summed E-state index contributed by atoms with van der Waals surface area (Å²) in [6.07, 6.45) is 2.10. The molecule has 1 atom stereocenters. The predicted octanol–water partition coefficient (Wildman–Crippen LogP) is 2.42. The lowest BCUT2D eigenvalue weighted by atomic mass is 10.1. The van der Waals surface area contributed by atoms with E-state index in [0.717, 1.165) is 17.5 Å². The van der Waals surface area contributed by atoms with E-state index in [9.17, 15) is 14.4 Å². The van der Waals surface area contributed by atoms with Crippen molar-refractivity contribution in [3.8, 4) is 0 Å². The van der Waals surface area contributed by atoms with Crippen LogP contribution in [0.4, 0.5) is 11.4 Å². The molecule has 0 saturated carbocycles. The van der Waals surface area contributed by atoms with E-state index in [4.69, 9.17) is 4.74 Å². The number of methoxy groups -OCH3 is 1. The van der Waals surface area contributed by atoms with Crippen LogP contribution in [0.2, 0.25) is 0 Å². The first-order valence-electron chi connectivity index (χ1n) is 9.01. The molecule has 1 aromatic carbocycles. The minimum Gasteiger partial charge on any atom is -0.469 e. The molecule has 2 N–H and O–H groups in total. The molecule has 7 nitrogen and oxygen atoms in total. The first kappa shape index (κ1) is 20.5. The SMILES string of the molecule is CC[C@H](C)NC(=O)CN1C(=O)C=C(CC(=O)OC)Nc2cc(C)c(C)cc21. The molecular weight excluding hydrogens is 346 g/mol. The molecule has 0 spiro atoms. The Morgan fingerprint density at radius 2 is 1.93 bits per heavy atom. The third-order valence-electron chi connectivity index (χ3n) is 4.65. The van der Waals surface area contributed by atoms with Crippen LogP contribution in [0.1, 0.15) is 37.8 Å². The highest BCUT2D eigenvalue weighted by atomic mass is 16.5. The summed E-state index contributed by atoms with van der Waals surface area (Å²) in [6.45, 7) is 7.72. The summed E-state index contributed by atoms with van der Waals surface area (Å²) in [4.78, 5) is 38.3. The summed E-state index contributed by atoms with van der Waals surface area (Å²) in [7, 11) is 1.30. The molecule has 1 heterocycles. The lowest BCUT2D eigenvalue weighted by molar-refractivity contribution is -0.139.